The van der Waals surface area contributed by atoms with Crippen molar-refractivity contribution in [3.05, 3.63) is 53.3 Å². The van der Waals surface area contributed by atoms with Crippen molar-refractivity contribution in [2.24, 2.45) is 12.8 Å². The number of carbonyl (C=O) groups excluding carboxylic acids is 3. The predicted molar refractivity (Wildman–Crippen MR) is 97.5 cm³/mol. The lowest BCUT2D eigenvalue weighted by molar-refractivity contribution is -0.132. The molecule has 0 saturated heterocycles. The van der Waals surface area contributed by atoms with Crippen molar-refractivity contribution < 1.29 is 14.4 Å². The van der Waals surface area contributed by atoms with E-state index in [1.807, 2.05) is 24.3 Å². The van der Waals surface area contributed by atoms with Crippen LogP contribution in [0.2, 0.25) is 0 Å². The van der Waals surface area contributed by atoms with Gasteiger partial charge in [-0.05, 0) is 23.6 Å². The van der Waals surface area contributed by atoms with Crippen LogP contribution >= 0.6 is 0 Å². The van der Waals surface area contributed by atoms with Gasteiger partial charge >= 0.3 is 0 Å². The molecule has 1 aliphatic heterocycles. The number of hydrogen-bond donors (Lipinski definition) is 2. The second-order valence-electron chi connectivity index (χ2n) is 6.52. The summed E-state index contributed by atoms with van der Waals surface area (Å²) in [7, 11) is 1.69. The van der Waals surface area contributed by atoms with Crippen LogP contribution in [0.1, 0.15) is 41.0 Å². The molecule has 1 aromatic carbocycles. The average molecular weight is 354 g/mol. The highest BCUT2D eigenvalue weighted by Gasteiger charge is 2.30. The van der Waals surface area contributed by atoms with Gasteiger partial charge in [0.15, 0.2) is 0 Å². The number of nitrogens with zero attached hydrogens (tertiary/aromatic N) is 2. The zero-order valence-electron chi connectivity index (χ0n) is 14.9. The number of aromatic nitrogens is 1. The van der Waals surface area contributed by atoms with Crippen LogP contribution < -0.4 is 11.1 Å². The number of nitrogens with two attached hydrogens (primary N) is 1. The third-order valence-electron chi connectivity index (χ3n) is 4.74. The molecule has 0 fully saturated rings. The molecule has 7 heteroatoms. The van der Waals surface area contributed by atoms with Gasteiger partial charge in [0, 0.05) is 26.7 Å². The van der Waals surface area contributed by atoms with Gasteiger partial charge in [0.1, 0.15) is 5.69 Å². The maximum absolute atomic E-state index is 12.6. The zero-order chi connectivity index (χ0) is 18.8. The molecule has 0 bridgehead atoms. The molecule has 0 spiro atoms. The Morgan fingerprint density at radius 1 is 1.27 bits per heavy atom. The quantitative estimate of drug-likeness (QED) is 0.872. The van der Waals surface area contributed by atoms with Crippen molar-refractivity contribution in [1.82, 2.24) is 9.47 Å². The van der Waals surface area contributed by atoms with Crippen LogP contribution in [0.3, 0.4) is 0 Å². The molecule has 1 atom stereocenters. The molecule has 1 aliphatic rings. The number of carbonyl (C=O) groups is 3. The molecule has 1 unspecified atom stereocenters. The fourth-order valence-electron chi connectivity index (χ4n) is 3.51. The van der Waals surface area contributed by atoms with Gasteiger partial charge in [-0.25, -0.2) is 0 Å². The summed E-state index contributed by atoms with van der Waals surface area (Å²) < 4.78 is 1.57. The number of rotatable bonds is 4. The second-order valence-corrected chi connectivity index (χ2v) is 6.52. The van der Waals surface area contributed by atoms with Gasteiger partial charge in [-0.15, -0.1) is 0 Å². The highest BCUT2D eigenvalue weighted by Crippen LogP contribution is 2.32. The van der Waals surface area contributed by atoms with Crippen LogP contribution in [-0.2, 0) is 23.1 Å². The minimum absolute atomic E-state index is 0.0481. The van der Waals surface area contributed by atoms with Gasteiger partial charge in [0.2, 0.25) is 11.8 Å². The fraction of sp³-hybridized carbons (Fsp3) is 0.316. The van der Waals surface area contributed by atoms with E-state index in [9.17, 15) is 14.4 Å². The first kappa shape index (κ1) is 17.7. The normalized spacial score (nSPS) is 16.1. The van der Waals surface area contributed by atoms with E-state index in [0.29, 0.717) is 17.9 Å². The molecule has 3 N–H and O–H groups in total. The number of benzene rings is 1. The van der Waals surface area contributed by atoms with Crippen LogP contribution in [0, 0.1) is 0 Å². The first-order valence-corrected chi connectivity index (χ1v) is 8.48. The van der Waals surface area contributed by atoms with Crippen LogP contribution in [0.4, 0.5) is 5.69 Å². The van der Waals surface area contributed by atoms with Crippen LogP contribution in [-0.4, -0.2) is 33.7 Å². The maximum atomic E-state index is 12.6. The number of anilines is 1. The minimum Gasteiger partial charge on any atom is -0.364 e. The number of nitrogens with one attached hydrogen (secondary N) is 1. The molecule has 1 aromatic heterocycles. The van der Waals surface area contributed by atoms with E-state index in [4.69, 9.17) is 5.73 Å². The molecule has 0 aliphatic carbocycles. The van der Waals surface area contributed by atoms with Gasteiger partial charge in [-0.1, -0.05) is 24.3 Å². The van der Waals surface area contributed by atoms with Gasteiger partial charge in [-0.2, -0.15) is 0 Å². The molecule has 3 amide bonds. The Bertz CT molecular complexity index is 871. The maximum Gasteiger partial charge on any atom is 0.265 e. The Morgan fingerprint density at radius 2 is 2.00 bits per heavy atom. The predicted octanol–water partition coefficient (Wildman–Crippen LogP) is 1.60. The van der Waals surface area contributed by atoms with E-state index in [1.54, 1.807) is 22.7 Å². The lowest BCUT2D eigenvalue weighted by Crippen LogP contribution is -2.40. The Kier molecular flexibility index (Phi) is 4.79. The topological polar surface area (TPSA) is 97.4 Å². The molecule has 7 nitrogen and oxygen atoms in total. The monoisotopic (exact) mass is 354 g/mol. The first-order valence-electron chi connectivity index (χ1n) is 8.48. The Labute approximate surface area is 151 Å². The molecule has 0 saturated carbocycles. The van der Waals surface area contributed by atoms with Gasteiger partial charge in [-0.3, -0.25) is 14.4 Å². The lowest BCUT2D eigenvalue weighted by Gasteiger charge is -2.36. The standard InChI is InChI=1S/C19H22N4O3/c1-12(24)23-8-7-13-5-3-4-6-15(13)16(23)10-18(25)21-14-9-17(19(20)26)22(2)11-14/h3-6,9,11,16H,7-8,10H2,1-2H3,(H2,20,26)(H,21,25). The lowest BCUT2D eigenvalue weighted by atomic mass is 9.90. The van der Waals surface area contributed by atoms with E-state index in [0.717, 1.165) is 12.0 Å². The Balaban J connectivity index is 1.79. The van der Waals surface area contributed by atoms with Crippen LogP contribution in [0.5, 0.6) is 0 Å². The number of amides is 3. The highest BCUT2D eigenvalue weighted by molar-refractivity contribution is 5.96. The molecule has 26 heavy (non-hydrogen) atoms. The third kappa shape index (κ3) is 3.46. The molecule has 2 aromatic rings. The largest absolute Gasteiger partial charge is 0.364 e. The summed E-state index contributed by atoms with van der Waals surface area (Å²) in [6, 6.07) is 9.14. The van der Waals surface area contributed by atoms with Crippen molar-refractivity contribution in [2.45, 2.75) is 25.8 Å². The number of fused-ring (bicyclic) bond motifs is 1. The van der Waals surface area contributed by atoms with E-state index >= 15 is 0 Å². The zero-order valence-corrected chi connectivity index (χ0v) is 14.9. The summed E-state index contributed by atoms with van der Waals surface area (Å²) in [6.07, 6.45) is 2.57. The summed E-state index contributed by atoms with van der Waals surface area (Å²) in [5, 5.41) is 2.79. The minimum atomic E-state index is -0.558. The number of aryl methyl sites for hydroxylation is 1. The first-order chi connectivity index (χ1) is 12.4. The molecular weight excluding hydrogens is 332 g/mol. The molecule has 0 radical (unpaired) electrons. The van der Waals surface area contributed by atoms with E-state index in [1.165, 1.54) is 18.6 Å². The summed E-state index contributed by atoms with van der Waals surface area (Å²) in [4.78, 5) is 37.7. The third-order valence-corrected chi connectivity index (χ3v) is 4.74. The van der Waals surface area contributed by atoms with Crippen molar-refractivity contribution >= 4 is 23.4 Å². The van der Waals surface area contributed by atoms with Gasteiger partial charge < -0.3 is 20.5 Å². The van der Waals surface area contributed by atoms with Crippen molar-refractivity contribution in [3.63, 3.8) is 0 Å². The van der Waals surface area contributed by atoms with Crippen molar-refractivity contribution in [2.75, 3.05) is 11.9 Å². The van der Waals surface area contributed by atoms with Gasteiger partial charge in [0.25, 0.3) is 5.91 Å². The molecule has 3 rings (SSSR count). The van der Waals surface area contributed by atoms with Crippen molar-refractivity contribution in [3.8, 4) is 0 Å². The fourth-order valence-corrected chi connectivity index (χ4v) is 3.51. The van der Waals surface area contributed by atoms with E-state index in [-0.39, 0.29) is 24.3 Å². The van der Waals surface area contributed by atoms with Crippen LogP contribution in [0.25, 0.3) is 0 Å². The Morgan fingerprint density at radius 3 is 2.65 bits per heavy atom. The molecule has 136 valence electrons. The SMILES string of the molecule is CC(=O)N1CCc2ccccc2C1CC(=O)Nc1cc(C(N)=O)n(C)c1. The second kappa shape index (κ2) is 7.03. The summed E-state index contributed by atoms with van der Waals surface area (Å²) >= 11 is 0. The smallest absolute Gasteiger partial charge is 0.265 e. The number of hydrogen-bond acceptors (Lipinski definition) is 3. The van der Waals surface area contributed by atoms with E-state index in [2.05, 4.69) is 5.32 Å². The average Bonchev–Trinajstić information content (AvgIpc) is 2.95. The van der Waals surface area contributed by atoms with Gasteiger partial charge in [0.05, 0.1) is 18.2 Å². The summed E-state index contributed by atoms with van der Waals surface area (Å²) in [6.45, 7) is 2.12. The van der Waals surface area contributed by atoms with Crippen molar-refractivity contribution in [1.29, 1.82) is 0 Å². The van der Waals surface area contributed by atoms with E-state index < -0.39 is 5.91 Å². The summed E-state index contributed by atoms with van der Waals surface area (Å²) in [5.41, 5.74) is 8.29. The Hall–Kier alpha value is -3.09. The molecular formula is C19H22N4O3. The summed E-state index contributed by atoms with van der Waals surface area (Å²) in [5.74, 6) is -0.829. The molecule has 2 heterocycles. The van der Waals surface area contributed by atoms with Crippen LogP contribution in [0.15, 0.2) is 36.5 Å². The highest BCUT2D eigenvalue weighted by atomic mass is 16.2. The number of primary amides is 1.